The predicted octanol–water partition coefficient (Wildman–Crippen LogP) is 3.90. The molecule has 0 aliphatic heterocycles. The minimum atomic E-state index is -1.27. The summed E-state index contributed by atoms with van der Waals surface area (Å²) >= 11 is 0. The first-order valence-corrected chi connectivity index (χ1v) is 9.94. The summed E-state index contributed by atoms with van der Waals surface area (Å²) in [5.74, 6) is -1.82. The zero-order valence-electron chi connectivity index (χ0n) is 16.8. The van der Waals surface area contributed by atoms with Crippen molar-refractivity contribution < 1.29 is 18.7 Å². The molecular weight excluding hydrogens is 429 g/mol. The van der Waals surface area contributed by atoms with Gasteiger partial charge in [0.25, 0.3) is 5.56 Å². The van der Waals surface area contributed by atoms with Crippen LogP contribution in [0, 0.1) is 5.82 Å². The number of carboxylic acids is 1. The molecule has 0 fully saturated rings. The van der Waals surface area contributed by atoms with Crippen LogP contribution in [0.2, 0.25) is 0 Å². The molecule has 0 bridgehead atoms. The van der Waals surface area contributed by atoms with Gasteiger partial charge in [-0.15, -0.1) is 0 Å². The van der Waals surface area contributed by atoms with Crippen molar-refractivity contribution in [1.29, 1.82) is 0 Å². The molecule has 6 aromatic rings. The number of hydrogen-bond donors (Lipinski definition) is 3. The van der Waals surface area contributed by atoms with Gasteiger partial charge in [-0.25, -0.2) is 19.2 Å². The quantitative estimate of drug-likeness (QED) is 0.379. The molecule has 33 heavy (non-hydrogen) atoms. The summed E-state index contributed by atoms with van der Waals surface area (Å²) in [6.07, 6.45) is 5.89. The van der Waals surface area contributed by atoms with Gasteiger partial charge in [-0.3, -0.25) is 4.79 Å². The summed E-state index contributed by atoms with van der Waals surface area (Å²) in [6.45, 7) is 0.0598. The van der Waals surface area contributed by atoms with Crippen molar-refractivity contribution in [3.05, 3.63) is 82.7 Å². The van der Waals surface area contributed by atoms with Crippen molar-refractivity contribution in [2.75, 3.05) is 0 Å². The number of carbonyl (C=O) groups is 1. The van der Waals surface area contributed by atoms with Crippen LogP contribution in [-0.2, 0) is 6.54 Å². The van der Waals surface area contributed by atoms with Gasteiger partial charge >= 0.3 is 5.97 Å². The minimum Gasteiger partial charge on any atom is -0.477 e. The van der Waals surface area contributed by atoms with Gasteiger partial charge < -0.3 is 24.1 Å². The number of rotatable bonds is 4. The molecule has 0 amide bonds. The molecule has 0 unspecified atom stereocenters. The number of furan rings is 1. The number of H-pyrrole nitrogens is 2. The molecule has 162 valence electrons. The molecule has 0 atom stereocenters. The van der Waals surface area contributed by atoms with Gasteiger partial charge in [-0.05, 0) is 35.9 Å². The maximum absolute atomic E-state index is 14.9. The Labute approximate surface area is 183 Å². The maximum Gasteiger partial charge on any atom is 0.353 e. The van der Waals surface area contributed by atoms with Crippen molar-refractivity contribution in [2.24, 2.45) is 0 Å². The number of pyridine rings is 2. The third-order valence-electron chi connectivity index (χ3n) is 5.68. The maximum atomic E-state index is 14.9. The summed E-state index contributed by atoms with van der Waals surface area (Å²) in [5, 5.41) is 10.8. The molecule has 0 radical (unpaired) electrons. The molecule has 1 aromatic carbocycles. The first-order valence-electron chi connectivity index (χ1n) is 9.94. The van der Waals surface area contributed by atoms with E-state index < -0.39 is 17.3 Å². The lowest BCUT2D eigenvalue weighted by molar-refractivity contribution is 0.0687. The van der Waals surface area contributed by atoms with E-state index in [0.29, 0.717) is 22.1 Å². The van der Waals surface area contributed by atoms with Gasteiger partial charge in [-0.2, -0.15) is 0 Å². The van der Waals surface area contributed by atoms with Crippen LogP contribution in [0.3, 0.4) is 0 Å². The summed E-state index contributed by atoms with van der Waals surface area (Å²) in [7, 11) is 0. The largest absolute Gasteiger partial charge is 0.477 e. The number of halogens is 1. The fourth-order valence-corrected chi connectivity index (χ4v) is 4.31. The molecule has 0 saturated carbocycles. The van der Waals surface area contributed by atoms with Crippen LogP contribution in [0.1, 0.15) is 16.1 Å². The van der Waals surface area contributed by atoms with Crippen molar-refractivity contribution in [3.63, 3.8) is 0 Å². The average molecular weight is 443 g/mol. The number of carboxylic acid groups (broad SMARTS) is 1. The smallest absolute Gasteiger partial charge is 0.353 e. The molecule has 3 N–H and O–H groups in total. The molecule has 0 saturated heterocycles. The molecule has 0 aliphatic carbocycles. The number of benzene rings is 1. The van der Waals surface area contributed by atoms with Crippen LogP contribution in [0.15, 0.2) is 64.5 Å². The van der Waals surface area contributed by atoms with E-state index in [4.69, 9.17) is 4.42 Å². The standard InChI is InChI=1S/C23H14FN5O4/c24-14-7-16-18(20-12(14)3-5-33-20)17(13-2-1-4-25-22(13)30)19(23(31)32)29(16)9-11-6-15-21(26-8-11)28-10-27-15/h1-8,10H,9H2,(H,25,30)(H,31,32)(H,26,27,28). The molecule has 10 heteroatoms. The van der Waals surface area contributed by atoms with Crippen LogP contribution < -0.4 is 5.56 Å². The normalized spacial score (nSPS) is 11.7. The highest BCUT2D eigenvalue weighted by Gasteiger charge is 2.28. The second-order valence-electron chi connectivity index (χ2n) is 7.56. The predicted molar refractivity (Wildman–Crippen MR) is 118 cm³/mol. The van der Waals surface area contributed by atoms with Crippen LogP contribution >= 0.6 is 0 Å². The highest BCUT2D eigenvalue weighted by Crippen LogP contribution is 2.40. The lowest BCUT2D eigenvalue weighted by atomic mass is 10.0. The van der Waals surface area contributed by atoms with Gasteiger partial charge in [-0.1, -0.05) is 0 Å². The van der Waals surface area contributed by atoms with Gasteiger partial charge in [0.2, 0.25) is 0 Å². The van der Waals surface area contributed by atoms with E-state index in [-0.39, 0.29) is 39.9 Å². The van der Waals surface area contributed by atoms with Crippen LogP contribution in [0.4, 0.5) is 4.39 Å². The SMILES string of the molecule is O=C(O)c1c(-c2ccc[nH]c2=O)c2c3occc3c(F)cc2n1Cc1cnc2[nH]cnc2c1. The first-order chi connectivity index (χ1) is 16.0. The number of nitrogens with zero attached hydrogens (tertiary/aromatic N) is 3. The number of aromatic amines is 2. The fraction of sp³-hybridized carbons (Fsp3) is 0.0435. The minimum absolute atomic E-state index is 0.0598. The summed E-state index contributed by atoms with van der Waals surface area (Å²) in [6, 6.07) is 7.63. The van der Waals surface area contributed by atoms with E-state index in [0.717, 1.165) is 0 Å². The van der Waals surface area contributed by atoms with E-state index in [1.54, 1.807) is 18.3 Å². The molecule has 5 aromatic heterocycles. The van der Waals surface area contributed by atoms with Crippen molar-refractivity contribution in [3.8, 4) is 11.1 Å². The topological polar surface area (TPSA) is 130 Å². The third-order valence-corrected chi connectivity index (χ3v) is 5.68. The Morgan fingerprint density at radius 1 is 1.21 bits per heavy atom. The van der Waals surface area contributed by atoms with E-state index in [1.165, 1.54) is 41.6 Å². The van der Waals surface area contributed by atoms with Crippen molar-refractivity contribution >= 4 is 39.0 Å². The zero-order chi connectivity index (χ0) is 22.7. The van der Waals surface area contributed by atoms with Crippen LogP contribution in [-0.4, -0.2) is 35.6 Å². The lowest BCUT2D eigenvalue weighted by Crippen LogP contribution is -2.13. The Morgan fingerprint density at radius 3 is 2.91 bits per heavy atom. The number of aromatic carboxylic acids is 1. The monoisotopic (exact) mass is 443 g/mol. The number of imidazole rings is 1. The number of aromatic nitrogens is 5. The van der Waals surface area contributed by atoms with Crippen LogP contribution in [0.25, 0.3) is 44.2 Å². The Hall–Kier alpha value is -4.73. The second kappa shape index (κ2) is 6.89. The Bertz CT molecular complexity index is 1770. The third kappa shape index (κ3) is 2.77. The molecule has 0 spiro atoms. The summed E-state index contributed by atoms with van der Waals surface area (Å²) in [5.41, 5.74) is 1.99. The van der Waals surface area contributed by atoms with E-state index in [2.05, 4.69) is 19.9 Å². The average Bonchev–Trinajstić information content (AvgIpc) is 3.52. The van der Waals surface area contributed by atoms with Crippen molar-refractivity contribution in [2.45, 2.75) is 6.54 Å². The van der Waals surface area contributed by atoms with Gasteiger partial charge in [0.05, 0.1) is 41.0 Å². The highest BCUT2D eigenvalue weighted by atomic mass is 19.1. The van der Waals surface area contributed by atoms with E-state index >= 15 is 0 Å². The number of fused-ring (bicyclic) bond motifs is 4. The fourth-order valence-electron chi connectivity index (χ4n) is 4.31. The Kier molecular flexibility index (Phi) is 3.96. The van der Waals surface area contributed by atoms with Crippen molar-refractivity contribution in [1.82, 2.24) is 24.5 Å². The van der Waals surface area contributed by atoms with Gasteiger partial charge in [0.1, 0.15) is 22.6 Å². The zero-order valence-corrected chi connectivity index (χ0v) is 16.8. The molecule has 0 aliphatic rings. The number of hydrogen-bond acceptors (Lipinski definition) is 5. The molecule has 6 rings (SSSR count). The number of nitrogens with one attached hydrogen (secondary N) is 2. The Morgan fingerprint density at radius 2 is 2.09 bits per heavy atom. The van der Waals surface area contributed by atoms with Gasteiger partial charge in [0.15, 0.2) is 5.65 Å². The summed E-state index contributed by atoms with van der Waals surface area (Å²) in [4.78, 5) is 39.2. The van der Waals surface area contributed by atoms with E-state index in [9.17, 15) is 19.1 Å². The Balaban J connectivity index is 1.74. The molecule has 5 heterocycles. The van der Waals surface area contributed by atoms with Gasteiger partial charge in [0, 0.05) is 18.0 Å². The summed E-state index contributed by atoms with van der Waals surface area (Å²) < 4.78 is 22.0. The second-order valence-corrected chi connectivity index (χ2v) is 7.56. The molecule has 9 nitrogen and oxygen atoms in total. The van der Waals surface area contributed by atoms with E-state index in [1.807, 2.05) is 0 Å². The first kappa shape index (κ1) is 19.0. The highest BCUT2D eigenvalue weighted by molar-refractivity contribution is 6.17. The molecular formula is C23H14FN5O4. The van der Waals surface area contributed by atoms with Crippen LogP contribution in [0.5, 0.6) is 0 Å². The lowest BCUT2D eigenvalue weighted by Gasteiger charge is -2.09.